The molecule has 154 valence electrons. The fraction of sp³-hybridized carbons (Fsp3) is 0.417. The number of carbonyl (C=O) groups excluding carboxylic acids is 2. The SMILES string of the molecule is Cc1ccc(OCCCC(=O)NC2CCN(C(=O)c3ccc(C)cc3)CC2)cc1. The molecular weight excluding hydrogens is 364 g/mol. The lowest BCUT2D eigenvalue weighted by molar-refractivity contribution is -0.122. The zero-order valence-corrected chi connectivity index (χ0v) is 17.3. The van der Waals surface area contributed by atoms with Gasteiger partial charge in [0.1, 0.15) is 5.75 Å². The molecule has 0 aromatic heterocycles. The van der Waals surface area contributed by atoms with Crippen molar-refractivity contribution in [3.63, 3.8) is 0 Å². The molecule has 0 radical (unpaired) electrons. The summed E-state index contributed by atoms with van der Waals surface area (Å²) in [5.74, 6) is 0.963. The first-order valence-electron chi connectivity index (χ1n) is 10.4. The third-order valence-corrected chi connectivity index (χ3v) is 5.28. The number of carbonyl (C=O) groups is 2. The molecule has 0 saturated carbocycles. The summed E-state index contributed by atoms with van der Waals surface area (Å²) in [6.45, 7) is 5.93. The fourth-order valence-electron chi connectivity index (χ4n) is 3.46. The molecule has 0 bridgehead atoms. The molecule has 1 heterocycles. The van der Waals surface area contributed by atoms with Crippen LogP contribution in [0.1, 0.15) is 47.2 Å². The number of nitrogens with one attached hydrogen (secondary N) is 1. The Hall–Kier alpha value is -2.82. The molecule has 1 fully saturated rings. The Kier molecular flexibility index (Phi) is 7.28. The summed E-state index contributed by atoms with van der Waals surface area (Å²) < 4.78 is 5.67. The molecule has 2 amide bonds. The summed E-state index contributed by atoms with van der Waals surface area (Å²) in [7, 11) is 0. The summed E-state index contributed by atoms with van der Waals surface area (Å²) in [5, 5.41) is 3.10. The molecule has 0 atom stereocenters. The molecule has 2 aromatic rings. The van der Waals surface area contributed by atoms with E-state index in [4.69, 9.17) is 4.74 Å². The van der Waals surface area contributed by atoms with Crippen LogP contribution in [0.5, 0.6) is 5.75 Å². The smallest absolute Gasteiger partial charge is 0.253 e. The Morgan fingerprint density at radius 2 is 1.55 bits per heavy atom. The lowest BCUT2D eigenvalue weighted by Crippen LogP contribution is -2.46. The average molecular weight is 395 g/mol. The summed E-state index contributed by atoms with van der Waals surface area (Å²) in [6, 6.07) is 15.7. The van der Waals surface area contributed by atoms with Gasteiger partial charge in [0.25, 0.3) is 5.91 Å². The number of amides is 2. The number of likely N-dealkylation sites (tertiary alicyclic amines) is 1. The number of piperidine rings is 1. The van der Waals surface area contributed by atoms with Crippen LogP contribution >= 0.6 is 0 Å². The zero-order valence-electron chi connectivity index (χ0n) is 17.3. The van der Waals surface area contributed by atoms with Crippen molar-refractivity contribution in [2.75, 3.05) is 19.7 Å². The van der Waals surface area contributed by atoms with Gasteiger partial charge in [-0.3, -0.25) is 9.59 Å². The van der Waals surface area contributed by atoms with Crippen molar-refractivity contribution in [2.24, 2.45) is 0 Å². The van der Waals surface area contributed by atoms with Crippen LogP contribution in [0.4, 0.5) is 0 Å². The maximum atomic E-state index is 12.6. The van der Waals surface area contributed by atoms with Crippen LogP contribution < -0.4 is 10.1 Å². The van der Waals surface area contributed by atoms with Crippen molar-refractivity contribution in [1.82, 2.24) is 10.2 Å². The highest BCUT2D eigenvalue weighted by Crippen LogP contribution is 2.15. The van der Waals surface area contributed by atoms with Crippen molar-refractivity contribution in [1.29, 1.82) is 0 Å². The van der Waals surface area contributed by atoms with E-state index in [1.807, 2.05) is 67.3 Å². The predicted molar refractivity (Wildman–Crippen MR) is 114 cm³/mol. The normalized spacial score (nSPS) is 14.5. The lowest BCUT2D eigenvalue weighted by Gasteiger charge is -2.32. The van der Waals surface area contributed by atoms with Crippen molar-refractivity contribution in [2.45, 2.75) is 45.6 Å². The van der Waals surface area contributed by atoms with E-state index >= 15 is 0 Å². The number of aryl methyl sites for hydroxylation is 2. The minimum atomic E-state index is 0.0563. The summed E-state index contributed by atoms with van der Waals surface area (Å²) >= 11 is 0. The summed E-state index contributed by atoms with van der Waals surface area (Å²) in [5.41, 5.74) is 3.07. The van der Waals surface area contributed by atoms with E-state index in [9.17, 15) is 9.59 Å². The van der Waals surface area contributed by atoms with Gasteiger partial charge in [-0.05, 0) is 57.4 Å². The molecule has 2 aromatic carbocycles. The van der Waals surface area contributed by atoms with Gasteiger partial charge >= 0.3 is 0 Å². The Labute approximate surface area is 173 Å². The van der Waals surface area contributed by atoms with Crippen LogP contribution in [-0.2, 0) is 4.79 Å². The fourth-order valence-corrected chi connectivity index (χ4v) is 3.46. The van der Waals surface area contributed by atoms with Gasteiger partial charge in [0, 0.05) is 31.1 Å². The number of hydrogen-bond acceptors (Lipinski definition) is 3. The molecule has 1 N–H and O–H groups in total. The third-order valence-electron chi connectivity index (χ3n) is 5.28. The lowest BCUT2D eigenvalue weighted by atomic mass is 10.0. The number of rotatable bonds is 7. The molecule has 3 rings (SSSR count). The Morgan fingerprint density at radius 1 is 0.966 bits per heavy atom. The van der Waals surface area contributed by atoms with Crippen LogP contribution in [0.15, 0.2) is 48.5 Å². The maximum absolute atomic E-state index is 12.6. The average Bonchev–Trinajstić information content (AvgIpc) is 2.73. The van der Waals surface area contributed by atoms with E-state index in [1.54, 1.807) is 0 Å². The van der Waals surface area contributed by atoms with Gasteiger partial charge in [-0.15, -0.1) is 0 Å². The first kappa shape index (κ1) is 20.9. The van der Waals surface area contributed by atoms with Gasteiger partial charge in [0.15, 0.2) is 0 Å². The predicted octanol–water partition coefficient (Wildman–Crippen LogP) is 3.88. The molecule has 0 spiro atoms. The van der Waals surface area contributed by atoms with E-state index in [-0.39, 0.29) is 17.9 Å². The number of benzene rings is 2. The number of nitrogens with zero attached hydrogens (tertiary/aromatic N) is 1. The van der Waals surface area contributed by atoms with Crippen LogP contribution in [0.3, 0.4) is 0 Å². The minimum absolute atomic E-state index is 0.0563. The molecular formula is C24H30N2O3. The molecule has 1 aliphatic heterocycles. The molecule has 5 nitrogen and oxygen atoms in total. The number of ether oxygens (including phenoxy) is 1. The Morgan fingerprint density at radius 3 is 2.17 bits per heavy atom. The van der Waals surface area contributed by atoms with Gasteiger partial charge in [-0.25, -0.2) is 0 Å². The molecule has 0 unspecified atom stereocenters. The Bertz CT molecular complexity index is 807. The molecule has 0 aliphatic carbocycles. The Balaban J connectivity index is 1.33. The summed E-state index contributed by atoms with van der Waals surface area (Å²) in [6.07, 6.45) is 2.73. The standard InChI is InChI=1S/C24H30N2O3/c1-18-5-9-20(10-6-18)24(28)26-15-13-21(14-16-26)25-23(27)4-3-17-29-22-11-7-19(2)8-12-22/h5-12,21H,3-4,13-17H2,1-2H3,(H,25,27). The molecule has 1 saturated heterocycles. The van der Waals surface area contributed by atoms with Crippen LogP contribution in [0.25, 0.3) is 0 Å². The van der Waals surface area contributed by atoms with E-state index in [1.165, 1.54) is 5.56 Å². The monoisotopic (exact) mass is 394 g/mol. The van der Waals surface area contributed by atoms with Crippen molar-refractivity contribution < 1.29 is 14.3 Å². The van der Waals surface area contributed by atoms with E-state index in [0.29, 0.717) is 32.5 Å². The number of hydrogen-bond donors (Lipinski definition) is 1. The van der Waals surface area contributed by atoms with E-state index in [2.05, 4.69) is 5.32 Å². The van der Waals surface area contributed by atoms with Crippen LogP contribution in [0.2, 0.25) is 0 Å². The van der Waals surface area contributed by atoms with Gasteiger partial charge in [-0.1, -0.05) is 35.4 Å². The van der Waals surface area contributed by atoms with Gasteiger partial charge < -0.3 is 15.0 Å². The van der Waals surface area contributed by atoms with E-state index in [0.717, 1.165) is 29.7 Å². The van der Waals surface area contributed by atoms with Gasteiger partial charge in [0.2, 0.25) is 5.91 Å². The molecule has 29 heavy (non-hydrogen) atoms. The second-order valence-corrected chi connectivity index (χ2v) is 7.77. The maximum Gasteiger partial charge on any atom is 0.253 e. The second kappa shape index (κ2) is 10.1. The topological polar surface area (TPSA) is 58.6 Å². The summed E-state index contributed by atoms with van der Waals surface area (Å²) in [4.78, 5) is 26.6. The van der Waals surface area contributed by atoms with E-state index < -0.39 is 0 Å². The highest BCUT2D eigenvalue weighted by molar-refractivity contribution is 5.94. The largest absolute Gasteiger partial charge is 0.494 e. The first-order valence-corrected chi connectivity index (χ1v) is 10.4. The van der Waals surface area contributed by atoms with Crippen molar-refractivity contribution >= 4 is 11.8 Å². The quantitative estimate of drug-likeness (QED) is 0.725. The highest BCUT2D eigenvalue weighted by Gasteiger charge is 2.24. The van der Waals surface area contributed by atoms with Crippen molar-refractivity contribution in [3.8, 4) is 5.75 Å². The first-order chi connectivity index (χ1) is 14.0. The van der Waals surface area contributed by atoms with Gasteiger partial charge in [0.05, 0.1) is 6.61 Å². The third kappa shape index (κ3) is 6.34. The van der Waals surface area contributed by atoms with Crippen molar-refractivity contribution in [3.05, 3.63) is 65.2 Å². The highest BCUT2D eigenvalue weighted by atomic mass is 16.5. The van der Waals surface area contributed by atoms with Crippen LogP contribution in [0, 0.1) is 13.8 Å². The zero-order chi connectivity index (χ0) is 20.6. The van der Waals surface area contributed by atoms with Gasteiger partial charge in [-0.2, -0.15) is 0 Å². The molecule has 5 heteroatoms. The second-order valence-electron chi connectivity index (χ2n) is 7.77. The molecule has 1 aliphatic rings. The minimum Gasteiger partial charge on any atom is -0.494 e. The van der Waals surface area contributed by atoms with Crippen LogP contribution in [-0.4, -0.2) is 42.5 Å².